The third-order valence-corrected chi connectivity index (χ3v) is 10.3. The Morgan fingerprint density at radius 2 is 1.67 bits per heavy atom. The third-order valence-electron chi connectivity index (χ3n) is 10.3. The number of aryl methyl sites for hydroxylation is 5. The van der Waals surface area contributed by atoms with E-state index in [9.17, 15) is 0 Å². The molecule has 5 heterocycles. The second kappa shape index (κ2) is 15.0. The minimum atomic E-state index is 0.0988. The molecule has 2 saturated heterocycles. The molecule has 9 heteroatoms. The quantitative estimate of drug-likeness (QED) is 0.0982. The number of benzene rings is 2. The number of anilines is 2. The van der Waals surface area contributed by atoms with Crippen LogP contribution in [0.15, 0.2) is 69.6 Å². The average molecular weight is 662 g/mol. The van der Waals surface area contributed by atoms with E-state index in [0.29, 0.717) is 11.6 Å². The number of aromatic nitrogens is 3. The Labute approximate surface area is 290 Å². The van der Waals surface area contributed by atoms with Crippen molar-refractivity contribution in [2.24, 2.45) is 5.92 Å². The molecule has 7 rings (SSSR count). The maximum absolute atomic E-state index is 8.42. The number of para-hydroxylation sites is 1. The fourth-order valence-electron chi connectivity index (χ4n) is 7.76. The number of H-pyrrole nitrogens is 1. The topological polar surface area (TPSA) is 110 Å². The smallest absolute Gasteiger partial charge is 0.220 e. The van der Waals surface area contributed by atoms with E-state index < -0.39 is 0 Å². The first kappa shape index (κ1) is 33.1. The van der Waals surface area contributed by atoms with Gasteiger partial charge in [-0.1, -0.05) is 55.5 Å². The zero-order chi connectivity index (χ0) is 33.7. The first-order valence-corrected chi connectivity index (χ1v) is 18.3. The van der Waals surface area contributed by atoms with Gasteiger partial charge in [-0.15, -0.1) is 0 Å². The van der Waals surface area contributed by atoms with Crippen LogP contribution >= 0.6 is 0 Å². The minimum Gasteiger partial charge on any atom is -0.425 e. The fourth-order valence-corrected chi connectivity index (χ4v) is 7.76. The molecule has 49 heavy (non-hydrogen) atoms. The maximum atomic E-state index is 8.42. The molecule has 2 aliphatic heterocycles. The van der Waals surface area contributed by atoms with E-state index in [2.05, 4.69) is 94.7 Å². The Hall–Kier alpha value is -4.37. The van der Waals surface area contributed by atoms with Crippen molar-refractivity contribution in [3.8, 4) is 0 Å². The van der Waals surface area contributed by atoms with Crippen molar-refractivity contribution in [1.82, 2.24) is 20.3 Å². The summed E-state index contributed by atoms with van der Waals surface area (Å²) in [5.41, 5.74) is 6.51. The molecule has 0 spiro atoms. The van der Waals surface area contributed by atoms with Gasteiger partial charge in [0.1, 0.15) is 11.4 Å². The van der Waals surface area contributed by atoms with Crippen LogP contribution in [-0.2, 0) is 32.1 Å². The number of oxazole rings is 2. The van der Waals surface area contributed by atoms with Gasteiger partial charge in [-0.05, 0) is 94.9 Å². The van der Waals surface area contributed by atoms with E-state index >= 15 is 0 Å². The second-order valence-corrected chi connectivity index (χ2v) is 14.2. The monoisotopic (exact) mass is 661 g/mol. The lowest BCUT2D eigenvalue weighted by Crippen LogP contribution is -2.43. The summed E-state index contributed by atoms with van der Waals surface area (Å²) >= 11 is 0. The summed E-state index contributed by atoms with van der Waals surface area (Å²) in [6, 6.07) is 19.2. The molecular formula is C40H51N7O2. The largest absolute Gasteiger partial charge is 0.425 e. The highest BCUT2D eigenvalue weighted by atomic mass is 16.4. The van der Waals surface area contributed by atoms with Gasteiger partial charge in [-0.2, -0.15) is 0 Å². The van der Waals surface area contributed by atoms with Gasteiger partial charge in [0, 0.05) is 48.7 Å². The highest BCUT2D eigenvalue weighted by Crippen LogP contribution is 2.33. The lowest BCUT2D eigenvalue weighted by atomic mass is 10.0. The molecule has 2 aliphatic rings. The molecule has 2 fully saturated rings. The Balaban J connectivity index is 0.978. The van der Waals surface area contributed by atoms with Crippen molar-refractivity contribution in [2.75, 3.05) is 29.4 Å². The van der Waals surface area contributed by atoms with Crippen LogP contribution in [0.5, 0.6) is 0 Å². The highest BCUT2D eigenvalue weighted by Gasteiger charge is 2.33. The van der Waals surface area contributed by atoms with E-state index in [4.69, 9.17) is 24.2 Å². The lowest BCUT2D eigenvalue weighted by molar-refractivity contribution is 0.422. The normalized spacial score (nSPS) is 18.6. The Kier molecular flexibility index (Phi) is 10.2. The van der Waals surface area contributed by atoms with E-state index in [0.717, 1.165) is 119 Å². The molecule has 3 atom stereocenters. The number of nitrogens with one attached hydrogen (secondary N) is 3. The fraction of sp³-hybridized carbons (Fsp3) is 0.475. The van der Waals surface area contributed by atoms with Crippen LogP contribution in [-0.4, -0.2) is 52.5 Å². The molecule has 2 aromatic carbocycles. The number of rotatable bonds is 15. The Bertz CT molecular complexity index is 1840. The van der Waals surface area contributed by atoms with Gasteiger partial charge in [0.25, 0.3) is 0 Å². The van der Waals surface area contributed by atoms with Crippen LogP contribution < -0.4 is 15.1 Å². The van der Waals surface area contributed by atoms with Gasteiger partial charge >= 0.3 is 0 Å². The average Bonchev–Trinajstić information content (AvgIpc) is 3.94. The van der Waals surface area contributed by atoms with Crippen LogP contribution in [0.4, 0.5) is 11.8 Å². The number of aromatic amines is 1. The van der Waals surface area contributed by atoms with Gasteiger partial charge < -0.3 is 29.0 Å². The lowest BCUT2D eigenvalue weighted by Gasteiger charge is -2.27. The van der Waals surface area contributed by atoms with Gasteiger partial charge in [0.05, 0.1) is 12.2 Å². The SMILES string of the molecule is CC(=N)[C@@H]1CCCN1c1oc(CCCc2ccccc2)nc1CC(C)CN[C@@H]1CCCN1c1oc(CCc2c[nH]c3ccccc23)nc1C. The molecule has 258 valence electrons. The number of hydrogen-bond donors (Lipinski definition) is 3. The van der Waals surface area contributed by atoms with Gasteiger partial charge in [-0.25, -0.2) is 9.97 Å². The molecule has 0 amide bonds. The maximum Gasteiger partial charge on any atom is 0.220 e. The summed E-state index contributed by atoms with van der Waals surface area (Å²) in [5, 5.41) is 13.6. The number of nitrogens with zero attached hydrogens (tertiary/aromatic N) is 4. The summed E-state index contributed by atoms with van der Waals surface area (Å²) in [4.78, 5) is 18.0. The number of hydrogen-bond acceptors (Lipinski definition) is 8. The Morgan fingerprint density at radius 1 is 0.918 bits per heavy atom. The summed E-state index contributed by atoms with van der Waals surface area (Å²) < 4.78 is 12.9. The third kappa shape index (κ3) is 7.62. The highest BCUT2D eigenvalue weighted by molar-refractivity contribution is 5.87. The van der Waals surface area contributed by atoms with Crippen LogP contribution in [0, 0.1) is 18.3 Å². The first-order valence-electron chi connectivity index (χ1n) is 18.3. The standard InChI is InChI=1S/C40H51N7O2/c1-27(24-34-40(46-22-10-17-35(46)28(2)41)49-37(45-34)19-9-14-30-12-5-4-6-13-30)25-43-36-18-11-23-47(36)39-29(3)44-38(48-39)21-20-31-26-42-33-16-8-7-15-32(31)33/h4-8,12-13,15-16,26-27,35-36,41-43H,9-11,14,17-25H2,1-3H3/t27?,35-,36-/m0/s1. The van der Waals surface area contributed by atoms with E-state index in [-0.39, 0.29) is 12.2 Å². The molecular weight excluding hydrogens is 610 g/mol. The van der Waals surface area contributed by atoms with Crippen molar-refractivity contribution < 1.29 is 8.83 Å². The van der Waals surface area contributed by atoms with Crippen LogP contribution in [0.2, 0.25) is 0 Å². The van der Waals surface area contributed by atoms with E-state index in [1.54, 1.807) is 0 Å². The van der Waals surface area contributed by atoms with Crippen molar-refractivity contribution in [3.63, 3.8) is 0 Å². The van der Waals surface area contributed by atoms with Crippen LogP contribution in [0.25, 0.3) is 10.9 Å². The van der Waals surface area contributed by atoms with Crippen LogP contribution in [0.1, 0.15) is 80.2 Å². The van der Waals surface area contributed by atoms with Crippen LogP contribution in [0.3, 0.4) is 0 Å². The molecule has 1 unspecified atom stereocenters. The van der Waals surface area contributed by atoms with Crippen molar-refractivity contribution in [2.45, 2.75) is 97.2 Å². The van der Waals surface area contributed by atoms with Gasteiger partial charge in [0.15, 0.2) is 11.8 Å². The summed E-state index contributed by atoms with van der Waals surface area (Å²) in [7, 11) is 0. The van der Waals surface area contributed by atoms with Crippen molar-refractivity contribution >= 4 is 28.4 Å². The summed E-state index contributed by atoms with van der Waals surface area (Å²) in [5.74, 6) is 3.76. The molecule has 3 aromatic heterocycles. The zero-order valence-corrected chi connectivity index (χ0v) is 29.3. The van der Waals surface area contributed by atoms with E-state index in [1.165, 1.54) is 22.0 Å². The molecule has 5 aromatic rings. The molecule has 0 aliphatic carbocycles. The van der Waals surface area contributed by atoms with E-state index in [1.807, 2.05) is 6.92 Å². The van der Waals surface area contributed by atoms with Crippen molar-refractivity contribution in [1.29, 1.82) is 5.41 Å². The molecule has 0 radical (unpaired) electrons. The van der Waals surface area contributed by atoms with Crippen molar-refractivity contribution in [3.05, 3.63) is 95.1 Å². The molecule has 0 bridgehead atoms. The summed E-state index contributed by atoms with van der Waals surface area (Å²) in [6.45, 7) is 9.02. The number of fused-ring (bicyclic) bond motifs is 1. The predicted octanol–water partition coefficient (Wildman–Crippen LogP) is 7.82. The predicted molar refractivity (Wildman–Crippen MR) is 197 cm³/mol. The summed E-state index contributed by atoms with van der Waals surface area (Å²) in [6.07, 6.45) is 11.9. The van der Waals surface area contributed by atoms with Gasteiger partial charge in [-0.3, -0.25) is 5.32 Å². The first-order chi connectivity index (χ1) is 23.9. The molecule has 0 saturated carbocycles. The van der Waals surface area contributed by atoms with Gasteiger partial charge in [0.2, 0.25) is 11.8 Å². The zero-order valence-electron chi connectivity index (χ0n) is 29.3. The second-order valence-electron chi connectivity index (χ2n) is 14.2. The molecule has 3 N–H and O–H groups in total. The molecule has 9 nitrogen and oxygen atoms in total. The Morgan fingerprint density at radius 3 is 2.53 bits per heavy atom. The minimum absolute atomic E-state index is 0.0988.